The fraction of sp³-hybridized carbons (Fsp3) is 0.375. The van der Waals surface area contributed by atoms with E-state index in [1.54, 1.807) is 23.4 Å². The number of anilines is 1. The molecule has 0 radical (unpaired) electrons. The van der Waals surface area contributed by atoms with Crippen LogP contribution < -0.4 is 10.1 Å². The van der Waals surface area contributed by atoms with Crippen LogP contribution in [-0.4, -0.2) is 45.5 Å². The van der Waals surface area contributed by atoms with Crippen LogP contribution in [-0.2, 0) is 4.79 Å². The lowest BCUT2D eigenvalue weighted by Crippen LogP contribution is -2.30. The van der Waals surface area contributed by atoms with Gasteiger partial charge in [0.1, 0.15) is 12.1 Å². The van der Waals surface area contributed by atoms with Crippen molar-refractivity contribution in [3.8, 4) is 5.88 Å². The van der Waals surface area contributed by atoms with Gasteiger partial charge in [0.25, 0.3) is 0 Å². The molecular weight excluding hydrogens is 294 g/mol. The summed E-state index contributed by atoms with van der Waals surface area (Å²) in [4.78, 5) is 26.3. The average molecular weight is 313 g/mol. The van der Waals surface area contributed by atoms with E-state index in [9.17, 15) is 4.79 Å². The molecule has 1 N–H and O–H groups in total. The van der Waals surface area contributed by atoms with Crippen LogP contribution in [0.15, 0.2) is 36.9 Å². The molecule has 1 fully saturated rings. The van der Waals surface area contributed by atoms with E-state index in [2.05, 4.69) is 20.3 Å². The number of carbonyl (C=O) groups is 1. The molecule has 0 saturated carbocycles. The highest BCUT2D eigenvalue weighted by Gasteiger charge is 2.38. The molecule has 0 bridgehead atoms. The molecule has 23 heavy (non-hydrogen) atoms. The first-order valence-electron chi connectivity index (χ1n) is 7.56. The van der Waals surface area contributed by atoms with Gasteiger partial charge in [-0.2, -0.15) is 0 Å². The second-order valence-corrected chi connectivity index (χ2v) is 5.37. The molecule has 2 atom stereocenters. The van der Waals surface area contributed by atoms with Gasteiger partial charge in [-0.1, -0.05) is 6.07 Å². The average Bonchev–Trinajstić information content (AvgIpc) is 2.83. The van der Waals surface area contributed by atoms with Crippen LogP contribution in [0.4, 0.5) is 5.82 Å². The Labute approximate surface area is 134 Å². The van der Waals surface area contributed by atoms with E-state index in [1.807, 2.05) is 26.1 Å². The molecule has 7 heteroatoms. The highest BCUT2D eigenvalue weighted by molar-refractivity contribution is 5.80. The Morgan fingerprint density at radius 2 is 2.30 bits per heavy atom. The van der Waals surface area contributed by atoms with Crippen LogP contribution >= 0.6 is 0 Å². The molecule has 3 heterocycles. The Morgan fingerprint density at radius 1 is 1.43 bits per heavy atom. The van der Waals surface area contributed by atoms with E-state index in [0.29, 0.717) is 24.7 Å². The summed E-state index contributed by atoms with van der Waals surface area (Å²) in [5.41, 5.74) is 0.998. The quantitative estimate of drug-likeness (QED) is 0.904. The molecule has 0 spiro atoms. The first kappa shape index (κ1) is 15.2. The summed E-state index contributed by atoms with van der Waals surface area (Å²) in [6.45, 7) is 2.44. The van der Waals surface area contributed by atoms with Gasteiger partial charge in [0.15, 0.2) is 0 Å². The van der Waals surface area contributed by atoms with E-state index in [1.165, 1.54) is 6.33 Å². The van der Waals surface area contributed by atoms with Crippen molar-refractivity contribution in [2.24, 2.45) is 0 Å². The van der Waals surface area contributed by atoms with Gasteiger partial charge >= 0.3 is 0 Å². The zero-order chi connectivity index (χ0) is 16.2. The molecule has 1 aliphatic heterocycles. The van der Waals surface area contributed by atoms with Crippen LogP contribution in [0.2, 0.25) is 0 Å². The lowest BCUT2D eigenvalue weighted by atomic mass is 10.0. The Bertz CT molecular complexity index is 679. The number of hydrogen-bond donors (Lipinski definition) is 1. The Hall–Kier alpha value is -2.70. The highest BCUT2D eigenvalue weighted by Crippen LogP contribution is 2.33. The van der Waals surface area contributed by atoms with Crippen molar-refractivity contribution in [3.05, 3.63) is 42.5 Å². The van der Waals surface area contributed by atoms with Gasteiger partial charge in [-0.05, 0) is 18.6 Å². The van der Waals surface area contributed by atoms with Crippen molar-refractivity contribution in [2.45, 2.75) is 25.4 Å². The fourth-order valence-electron chi connectivity index (χ4n) is 2.84. The number of amides is 1. The summed E-state index contributed by atoms with van der Waals surface area (Å²) >= 11 is 0. The Balaban J connectivity index is 1.83. The second-order valence-electron chi connectivity index (χ2n) is 5.37. The summed E-state index contributed by atoms with van der Waals surface area (Å²) in [7, 11) is 1.81. The number of rotatable bonds is 5. The maximum Gasteiger partial charge on any atom is 0.225 e. The fourth-order valence-corrected chi connectivity index (χ4v) is 2.84. The monoisotopic (exact) mass is 313 g/mol. The normalized spacial score (nSPS) is 20.6. The van der Waals surface area contributed by atoms with Gasteiger partial charge in [0, 0.05) is 31.9 Å². The van der Waals surface area contributed by atoms with Gasteiger partial charge in [-0.25, -0.2) is 9.97 Å². The van der Waals surface area contributed by atoms with Crippen molar-refractivity contribution in [2.75, 3.05) is 19.0 Å². The van der Waals surface area contributed by atoms with Crippen molar-refractivity contribution in [1.29, 1.82) is 0 Å². The number of ether oxygens (including phenoxy) is 1. The molecule has 2 aromatic rings. The third-order valence-electron chi connectivity index (χ3n) is 3.88. The van der Waals surface area contributed by atoms with Gasteiger partial charge in [0.2, 0.25) is 11.8 Å². The van der Waals surface area contributed by atoms with Crippen LogP contribution in [0, 0.1) is 0 Å². The molecule has 1 saturated heterocycles. The lowest BCUT2D eigenvalue weighted by Gasteiger charge is -2.26. The molecule has 1 amide bonds. The summed E-state index contributed by atoms with van der Waals surface area (Å²) in [5.74, 6) is 1.25. The molecular formula is C16H19N5O2. The summed E-state index contributed by atoms with van der Waals surface area (Å²) in [5, 5.41) is 3.33. The zero-order valence-electron chi connectivity index (χ0n) is 13.1. The van der Waals surface area contributed by atoms with Gasteiger partial charge in [-0.3, -0.25) is 9.78 Å². The molecule has 1 aliphatic rings. The van der Waals surface area contributed by atoms with Gasteiger partial charge in [0.05, 0.1) is 18.7 Å². The standard InChI is InChI=1S/C16H19N5O2/c1-3-23-14-8-13(18-10-19-14)20-12-7-15(22)21(2)16(12)11-5-4-6-17-9-11/h4-6,8-10,12,16H,3,7H2,1-2H3,(H,18,19,20)/t12-,16+/m1/s1. The third-order valence-corrected chi connectivity index (χ3v) is 3.88. The number of likely N-dealkylation sites (N-methyl/N-ethyl adjacent to an activating group) is 1. The predicted octanol–water partition coefficient (Wildman–Crippen LogP) is 1.65. The first-order valence-corrected chi connectivity index (χ1v) is 7.56. The lowest BCUT2D eigenvalue weighted by molar-refractivity contribution is -0.127. The van der Waals surface area contributed by atoms with Crippen LogP contribution in [0.3, 0.4) is 0 Å². The molecule has 0 aromatic carbocycles. The predicted molar refractivity (Wildman–Crippen MR) is 85.0 cm³/mol. The smallest absolute Gasteiger partial charge is 0.225 e. The molecule has 3 rings (SSSR count). The van der Waals surface area contributed by atoms with Crippen molar-refractivity contribution >= 4 is 11.7 Å². The number of likely N-dealkylation sites (tertiary alicyclic amines) is 1. The number of hydrogen-bond acceptors (Lipinski definition) is 6. The first-order chi connectivity index (χ1) is 11.2. The van der Waals surface area contributed by atoms with Crippen LogP contribution in [0.25, 0.3) is 0 Å². The van der Waals surface area contributed by atoms with E-state index >= 15 is 0 Å². The maximum atomic E-state index is 12.1. The highest BCUT2D eigenvalue weighted by atomic mass is 16.5. The Morgan fingerprint density at radius 3 is 3.04 bits per heavy atom. The van der Waals surface area contributed by atoms with Gasteiger partial charge in [-0.15, -0.1) is 0 Å². The maximum absolute atomic E-state index is 12.1. The van der Waals surface area contributed by atoms with Crippen molar-refractivity contribution in [3.63, 3.8) is 0 Å². The van der Waals surface area contributed by atoms with E-state index in [0.717, 1.165) is 5.56 Å². The second kappa shape index (κ2) is 6.60. The van der Waals surface area contributed by atoms with Crippen molar-refractivity contribution in [1.82, 2.24) is 19.9 Å². The van der Waals surface area contributed by atoms with E-state index in [4.69, 9.17) is 4.74 Å². The van der Waals surface area contributed by atoms with Crippen LogP contribution in [0.5, 0.6) is 5.88 Å². The minimum atomic E-state index is -0.0823. The number of aromatic nitrogens is 3. The number of pyridine rings is 1. The summed E-state index contributed by atoms with van der Waals surface area (Å²) in [6, 6.07) is 5.43. The molecule has 0 aliphatic carbocycles. The largest absolute Gasteiger partial charge is 0.478 e. The van der Waals surface area contributed by atoms with E-state index in [-0.39, 0.29) is 18.0 Å². The number of nitrogens with zero attached hydrogens (tertiary/aromatic N) is 4. The summed E-state index contributed by atoms with van der Waals surface area (Å²) < 4.78 is 5.39. The molecule has 7 nitrogen and oxygen atoms in total. The zero-order valence-corrected chi connectivity index (χ0v) is 13.1. The minimum Gasteiger partial charge on any atom is -0.478 e. The van der Waals surface area contributed by atoms with Crippen molar-refractivity contribution < 1.29 is 9.53 Å². The Kier molecular flexibility index (Phi) is 4.36. The molecule has 120 valence electrons. The SMILES string of the molecule is CCOc1cc(N[C@@H]2CC(=O)N(C)[C@H]2c2cccnc2)ncn1. The molecule has 2 aromatic heterocycles. The van der Waals surface area contributed by atoms with Crippen LogP contribution in [0.1, 0.15) is 24.9 Å². The third kappa shape index (κ3) is 3.23. The number of carbonyl (C=O) groups excluding carboxylic acids is 1. The summed E-state index contributed by atoms with van der Waals surface area (Å²) in [6.07, 6.45) is 5.37. The topological polar surface area (TPSA) is 80.2 Å². The molecule has 0 unspecified atom stereocenters. The minimum absolute atomic E-state index is 0.0818. The van der Waals surface area contributed by atoms with Gasteiger partial charge < -0.3 is 15.0 Å². The number of nitrogens with one attached hydrogen (secondary N) is 1. The van der Waals surface area contributed by atoms with E-state index < -0.39 is 0 Å².